The number of carboxylic acids is 1. The van der Waals surface area contributed by atoms with Crippen molar-refractivity contribution in [3.63, 3.8) is 0 Å². The van der Waals surface area contributed by atoms with Crippen LogP contribution < -0.4 is 0 Å². The molecule has 1 aliphatic carbocycles. The Bertz CT molecular complexity index is 268. The second-order valence-electron chi connectivity index (χ2n) is 5.48. The molecule has 1 atom stereocenters. The van der Waals surface area contributed by atoms with Crippen molar-refractivity contribution in [3.05, 3.63) is 0 Å². The summed E-state index contributed by atoms with van der Waals surface area (Å²) in [5, 5.41) is 8.52. The van der Waals surface area contributed by atoms with Gasteiger partial charge < -0.3 is 5.11 Å². The van der Waals surface area contributed by atoms with Crippen LogP contribution in [0.4, 0.5) is 0 Å². The summed E-state index contributed by atoms with van der Waals surface area (Å²) in [5.74, 6) is -0.179. The van der Waals surface area contributed by atoms with Crippen molar-refractivity contribution in [2.24, 2.45) is 11.3 Å². The van der Waals surface area contributed by atoms with Crippen LogP contribution in [0, 0.1) is 11.3 Å². The fourth-order valence-electron chi connectivity index (χ4n) is 2.54. The monoisotopic (exact) mass is 226 g/mol. The molecule has 0 spiro atoms. The highest BCUT2D eigenvalue weighted by Crippen LogP contribution is 2.37. The number of carbonyl (C=O) groups is 2. The van der Waals surface area contributed by atoms with E-state index >= 15 is 0 Å². The zero-order chi connectivity index (χ0) is 12.2. The molecule has 0 bridgehead atoms. The molecule has 16 heavy (non-hydrogen) atoms. The number of aliphatic carboxylic acids is 1. The minimum atomic E-state index is -0.740. The lowest BCUT2D eigenvalue weighted by Crippen LogP contribution is -2.35. The molecular formula is C13H22O3. The predicted octanol–water partition coefficient (Wildman–Crippen LogP) is 3.03. The van der Waals surface area contributed by atoms with Crippen LogP contribution in [0.5, 0.6) is 0 Å². The van der Waals surface area contributed by atoms with Gasteiger partial charge in [-0.05, 0) is 25.7 Å². The minimum absolute atomic E-state index is 0.157. The van der Waals surface area contributed by atoms with E-state index in [4.69, 9.17) is 5.11 Å². The second kappa shape index (κ2) is 5.46. The van der Waals surface area contributed by atoms with E-state index in [0.717, 1.165) is 32.1 Å². The highest BCUT2D eigenvalue weighted by atomic mass is 16.4. The second-order valence-corrected chi connectivity index (χ2v) is 5.48. The van der Waals surface area contributed by atoms with E-state index < -0.39 is 5.97 Å². The maximum Gasteiger partial charge on any atom is 0.303 e. The van der Waals surface area contributed by atoms with Crippen molar-refractivity contribution < 1.29 is 14.7 Å². The van der Waals surface area contributed by atoms with Crippen LogP contribution >= 0.6 is 0 Å². The molecule has 0 aromatic rings. The third-order valence-electron chi connectivity index (χ3n) is 3.59. The largest absolute Gasteiger partial charge is 0.481 e. The van der Waals surface area contributed by atoms with Crippen LogP contribution in [0.25, 0.3) is 0 Å². The molecular weight excluding hydrogens is 204 g/mol. The lowest BCUT2D eigenvalue weighted by atomic mass is 9.70. The van der Waals surface area contributed by atoms with Gasteiger partial charge in [-0.25, -0.2) is 0 Å². The van der Waals surface area contributed by atoms with E-state index in [1.807, 2.05) is 13.8 Å². The van der Waals surface area contributed by atoms with Crippen LogP contribution in [-0.4, -0.2) is 16.9 Å². The van der Waals surface area contributed by atoms with Crippen LogP contribution in [0.1, 0.15) is 58.8 Å². The molecule has 1 unspecified atom stereocenters. The Morgan fingerprint density at radius 3 is 2.75 bits per heavy atom. The van der Waals surface area contributed by atoms with Crippen LogP contribution in [0.15, 0.2) is 0 Å². The Morgan fingerprint density at radius 1 is 1.44 bits per heavy atom. The summed E-state index contributed by atoms with van der Waals surface area (Å²) in [5.41, 5.74) is -0.157. The van der Waals surface area contributed by atoms with Gasteiger partial charge in [0.1, 0.15) is 5.78 Å². The first kappa shape index (κ1) is 13.2. The Morgan fingerprint density at radius 2 is 2.12 bits per heavy atom. The molecule has 0 amide bonds. The molecule has 0 aromatic heterocycles. The van der Waals surface area contributed by atoms with Gasteiger partial charge in [-0.2, -0.15) is 0 Å². The lowest BCUT2D eigenvalue weighted by molar-refractivity contribution is -0.137. The quantitative estimate of drug-likeness (QED) is 0.733. The zero-order valence-electron chi connectivity index (χ0n) is 10.3. The Labute approximate surface area is 97.2 Å². The van der Waals surface area contributed by atoms with Gasteiger partial charge in [0.05, 0.1) is 0 Å². The number of carbonyl (C=O) groups excluding carboxylic acids is 1. The normalized spacial score (nSPS) is 24.4. The average molecular weight is 226 g/mol. The molecule has 0 aliphatic heterocycles. The van der Waals surface area contributed by atoms with Gasteiger partial charge in [-0.15, -0.1) is 0 Å². The number of rotatable bonds is 5. The summed E-state index contributed by atoms with van der Waals surface area (Å²) >= 11 is 0. The van der Waals surface area contributed by atoms with Crippen LogP contribution in [-0.2, 0) is 9.59 Å². The first-order chi connectivity index (χ1) is 7.43. The predicted molar refractivity (Wildman–Crippen MR) is 62.2 cm³/mol. The summed E-state index contributed by atoms with van der Waals surface area (Å²) in [6.07, 6.45) is 5.77. The van der Waals surface area contributed by atoms with Gasteiger partial charge in [0, 0.05) is 17.8 Å². The van der Waals surface area contributed by atoms with Crippen LogP contribution in [0.2, 0.25) is 0 Å². The van der Waals surface area contributed by atoms with E-state index in [1.54, 1.807) is 0 Å². The SMILES string of the molecule is CC1(C)CCCC(CCCCC(=O)O)C1=O. The topological polar surface area (TPSA) is 54.4 Å². The fraction of sp³-hybridized carbons (Fsp3) is 0.846. The number of hydrogen-bond acceptors (Lipinski definition) is 2. The van der Waals surface area contributed by atoms with Gasteiger partial charge in [-0.1, -0.05) is 26.7 Å². The molecule has 3 nitrogen and oxygen atoms in total. The van der Waals surface area contributed by atoms with Gasteiger partial charge >= 0.3 is 5.97 Å². The third kappa shape index (κ3) is 3.62. The number of hydrogen-bond donors (Lipinski definition) is 1. The van der Waals surface area contributed by atoms with Gasteiger partial charge in [-0.3, -0.25) is 9.59 Å². The standard InChI is InChI=1S/C13H22O3/c1-13(2)9-5-7-10(12(13)16)6-3-4-8-11(14)15/h10H,3-9H2,1-2H3,(H,14,15). The van der Waals surface area contributed by atoms with E-state index in [9.17, 15) is 9.59 Å². The third-order valence-corrected chi connectivity index (χ3v) is 3.59. The number of ketones is 1. The highest BCUT2D eigenvalue weighted by Gasteiger charge is 2.36. The molecule has 1 rings (SSSR count). The number of Topliss-reactive ketones (excluding diaryl/α,β-unsaturated/α-hetero) is 1. The average Bonchev–Trinajstić information content (AvgIpc) is 2.18. The van der Waals surface area contributed by atoms with Crippen LogP contribution in [0.3, 0.4) is 0 Å². The van der Waals surface area contributed by atoms with Gasteiger partial charge in [0.2, 0.25) is 0 Å². The van der Waals surface area contributed by atoms with E-state index in [-0.39, 0.29) is 17.8 Å². The Kier molecular flexibility index (Phi) is 4.51. The zero-order valence-corrected chi connectivity index (χ0v) is 10.3. The van der Waals surface area contributed by atoms with Crippen molar-refractivity contribution in [3.8, 4) is 0 Å². The molecule has 0 heterocycles. The van der Waals surface area contributed by atoms with Crippen molar-refractivity contribution in [2.45, 2.75) is 58.8 Å². The van der Waals surface area contributed by atoms with Gasteiger partial charge in [0.15, 0.2) is 0 Å². The van der Waals surface area contributed by atoms with Crippen molar-refractivity contribution in [1.29, 1.82) is 0 Å². The Hall–Kier alpha value is -0.860. The summed E-state index contributed by atoms with van der Waals surface area (Å²) in [7, 11) is 0. The molecule has 1 saturated carbocycles. The maximum absolute atomic E-state index is 12.1. The molecule has 1 aliphatic rings. The van der Waals surface area contributed by atoms with Crippen molar-refractivity contribution in [2.75, 3.05) is 0 Å². The Balaban J connectivity index is 2.31. The molecule has 0 aromatic carbocycles. The molecule has 1 N–H and O–H groups in total. The van der Waals surface area contributed by atoms with Crippen molar-refractivity contribution in [1.82, 2.24) is 0 Å². The van der Waals surface area contributed by atoms with Gasteiger partial charge in [0.25, 0.3) is 0 Å². The summed E-state index contributed by atoms with van der Waals surface area (Å²) < 4.78 is 0. The van der Waals surface area contributed by atoms with E-state index in [0.29, 0.717) is 12.2 Å². The lowest BCUT2D eigenvalue weighted by Gasteiger charge is -2.33. The molecule has 3 heteroatoms. The maximum atomic E-state index is 12.1. The molecule has 1 fully saturated rings. The molecule has 0 radical (unpaired) electrons. The first-order valence-corrected chi connectivity index (χ1v) is 6.19. The minimum Gasteiger partial charge on any atom is -0.481 e. The van der Waals surface area contributed by atoms with E-state index in [2.05, 4.69) is 0 Å². The highest BCUT2D eigenvalue weighted by molar-refractivity contribution is 5.86. The first-order valence-electron chi connectivity index (χ1n) is 6.19. The smallest absolute Gasteiger partial charge is 0.303 e. The summed E-state index contributed by atoms with van der Waals surface area (Å²) in [6, 6.07) is 0. The van der Waals surface area contributed by atoms with E-state index in [1.165, 1.54) is 0 Å². The molecule has 0 saturated heterocycles. The fourth-order valence-corrected chi connectivity index (χ4v) is 2.54. The molecule has 92 valence electrons. The summed E-state index contributed by atoms with van der Waals surface area (Å²) in [6.45, 7) is 4.05. The number of carboxylic acid groups (broad SMARTS) is 1. The summed E-state index contributed by atoms with van der Waals surface area (Å²) in [4.78, 5) is 22.4. The number of unbranched alkanes of at least 4 members (excludes halogenated alkanes) is 1. The van der Waals surface area contributed by atoms with Crippen molar-refractivity contribution >= 4 is 11.8 Å².